The third-order valence-electron chi connectivity index (χ3n) is 15.1. The van der Waals surface area contributed by atoms with E-state index in [1.807, 2.05) is 84.9 Å². The van der Waals surface area contributed by atoms with Crippen molar-refractivity contribution in [2.75, 3.05) is 45.8 Å². The van der Waals surface area contributed by atoms with Gasteiger partial charge in [-0.1, -0.05) is 11.6 Å². The van der Waals surface area contributed by atoms with Crippen LogP contribution in [0.2, 0.25) is 10.0 Å². The van der Waals surface area contributed by atoms with Crippen molar-refractivity contribution in [1.29, 1.82) is 0 Å². The standard InChI is InChI=1S/C58H70Cl2IN8O7/c1-61-55-56(72)64-48(37-75-5)58(74)65(2)45(30-39-17-22-43(59)23-18-39)33-53(70)63-47-15-9-10-16-49(47)67(4)57(73)42(29-38-13-7-6-8-14-38)31-54(71)69(55)35-41-19-24-44(60)32-51(41)76-46-25-20-40(21-26-46)50-34-62-52(66(50)3)36-68-27-11-12-28-68/h6-8,13-14,17-26,32,34,42,45,47-49,55H,9-12,15-16,27-31,33,35-37H2,1-5H3,(H,63,70)(H,64,72)/q-1. The molecule has 3 heterocycles. The number of nitrogens with zero attached hydrogens (tertiary/aromatic N) is 6. The van der Waals surface area contributed by atoms with Gasteiger partial charge in [-0.05, 0) is 25.9 Å². The molecule has 3 fully saturated rings. The molecule has 2 N–H and O–H groups in total. The molecule has 1 aromatic heterocycles. The van der Waals surface area contributed by atoms with E-state index in [4.69, 9.17) is 37.7 Å². The minimum atomic E-state index is -1.17. The zero-order chi connectivity index (χ0) is 53.9. The molecule has 2 saturated heterocycles. The molecule has 1 saturated carbocycles. The van der Waals surface area contributed by atoms with Crippen LogP contribution in [0.3, 0.4) is 0 Å². The number of nitrogens with one attached hydrogen (secondary N) is 2. The third-order valence-corrected chi connectivity index (χ3v) is 18.0. The van der Waals surface area contributed by atoms with Crippen molar-refractivity contribution in [2.24, 2.45) is 13.0 Å². The number of aromatic nitrogens is 2. The van der Waals surface area contributed by atoms with Gasteiger partial charge in [0.1, 0.15) is 5.82 Å². The Bertz CT molecular complexity index is 2800. The number of amides is 5. The summed E-state index contributed by atoms with van der Waals surface area (Å²) < 4.78 is 13.3. The van der Waals surface area contributed by atoms with Crippen LogP contribution in [0, 0.1) is 5.92 Å². The van der Waals surface area contributed by atoms with Crippen LogP contribution in [0.5, 0.6) is 11.5 Å². The summed E-state index contributed by atoms with van der Waals surface area (Å²) in [6.45, 7) is 2.71. The van der Waals surface area contributed by atoms with Crippen LogP contribution >= 0.6 is 23.2 Å². The summed E-state index contributed by atoms with van der Waals surface area (Å²) in [4.78, 5) is 88.4. The number of halogens is 3. The molecule has 5 amide bonds. The van der Waals surface area contributed by atoms with Gasteiger partial charge in [0.15, 0.2) is 0 Å². The van der Waals surface area contributed by atoms with E-state index in [2.05, 4.69) is 20.1 Å². The summed E-state index contributed by atoms with van der Waals surface area (Å²) in [7, 11) is 6.88. The van der Waals surface area contributed by atoms with Gasteiger partial charge < -0.3 is 0 Å². The van der Waals surface area contributed by atoms with Crippen LogP contribution in [0.4, 0.5) is 0 Å². The summed E-state index contributed by atoms with van der Waals surface area (Å²) in [5.74, 6) is -0.808. The molecule has 4 aromatic carbocycles. The zero-order valence-corrected chi connectivity index (χ0v) is 47.7. The van der Waals surface area contributed by atoms with E-state index in [1.165, 1.54) is 24.9 Å². The maximum atomic E-state index is 15.5. The van der Waals surface area contributed by atoms with Crippen LogP contribution in [-0.2, 0) is 61.7 Å². The van der Waals surface area contributed by atoms with Crippen molar-refractivity contribution < 1.29 is 54.7 Å². The number of rotatable bonds is 14. The first-order valence-electron chi connectivity index (χ1n) is 26.2. The van der Waals surface area contributed by atoms with E-state index in [-0.39, 0.29) is 56.3 Å². The van der Waals surface area contributed by atoms with Gasteiger partial charge in [-0.15, -0.1) is 0 Å². The zero-order valence-electron chi connectivity index (χ0n) is 44.1. The van der Waals surface area contributed by atoms with Gasteiger partial charge in [0.05, 0.1) is 6.54 Å². The van der Waals surface area contributed by atoms with Crippen LogP contribution in [0.15, 0.2) is 103 Å². The molecule has 0 spiro atoms. The summed E-state index contributed by atoms with van der Waals surface area (Å²) >= 11 is 11.8. The Kier molecular flexibility index (Phi) is 19.9. The van der Waals surface area contributed by atoms with Crippen molar-refractivity contribution in [2.45, 2.75) is 106 Å². The maximum absolute atomic E-state index is 15.5. The van der Waals surface area contributed by atoms with E-state index in [0.29, 0.717) is 46.4 Å². The number of fused-ring (bicyclic) bond motifs is 1. The van der Waals surface area contributed by atoms with E-state index in [0.717, 1.165) is 60.7 Å². The quantitative estimate of drug-likeness (QED) is 0.0898. The van der Waals surface area contributed by atoms with Crippen LogP contribution in [-0.4, -0.2) is 133 Å². The molecule has 18 heteroatoms. The number of likely N-dealkylation sites (tertiary alicyclic amines) is 1. The van der Waals surface area contributed by atoms with Gasteiger partial charge in [-0.25, -0.2) is 4.98 Å². The molecule has 0 bridgehead atoms. The molecule has 406 valence electrons. The molecule has 8 rings (SSSR count). The van der Waals surface area contributed by atoms with E-state index < -0.39 is 61.0 Å². The molecule has 6 unspecified atom stereocenters. The van der Waals surface area contributed by atoms with Crippen molar-refractivity contribution >= 4 is 52.7 Å². The van der Waals surface area contributed by atoms with Crippen molar-refractivity contribution in [3.8, 4) is 22.8 Å². The molecule has 6 atom stereocenters. The average molecular weight is 1190 g/mol. The molecule has 2 aliphatic heterocycles. The first-order chi connectivity index (χ1) is 36.7. The van der Waals surface area contributed by atoms with Gasteiger partial charge in [-0.2, -0.15) is 0 Å². The van der Waals surface area contributed by atoms with Crippen LogP contribution in [0.1, 0.15) is 73.9 Å². The molecule has 0 radical (unpaired) electrons. The first kappa shape index (κ1) is 56.7. The number of imidazole rings is 1. The van der Waals surface area contributed by atoms with E-state index in [1.54, 1.807) is 54.2 Å². The van der Waals surface area contributed by atoms with Crippen LogP contribution < -0.4 is 36.6 Å². The monoisotopic (exact) mass is 1190 g/mol. The number of alkyl halides is 2. The normalized spacial score (nSPS) is 22.8. The Balaban J connectivity index is 1.14. The van der Waals surface area contributed by atoms with Crippen molar-refractivity contribution in [3.63, 3.8) is 0 Å². The third kappa shape index (κ3) is 14.3. The number of hydrogen-bond acceptors (Lipinski definition) is 9. The average Bonchev–Trinajstić information content (AvgIpc) is 4.08. The predicted octanol–water partition coefficient (Wildman–Crippen LogP) is 4.89. The molecule has 15 nitrogen and oxygen atoms in total. The topological polar surface area (TPSA) is 159 Å². The summed E-state index contributed by atoms with van der Waals surface area (Å²) in [5.41, 5.74) is 4.27. The number of methoxy groups -OCH3 is 1. The van der Waals surface area contributed by atoms with Gasteiger partial charge in [0, 0.05) is 7.05 Å². The summed E-state index contributed by atoms with van der Waals surface area (Å²) in [6, 6.07) is 27.3. The number of ether oxygens (including phenoxy) is 2. The van der Waals surface area contributed by atoms with Gasteiger partial charge in [-0.3, -0.25) is 4.90 Å². The molecular weight excluding hydrogens is 1120 g/mol. The number of carbonyl (C=O) groups excluding carboxylic acids is 5. The van der Waals surface area contributed by atoms with Gasteiger partial charge in [0.25, 0.3) is 0 Å². The predicted molar refractivity (Wildman–Crippen MR) is 290 cm³/mol. The minimum absolute atomic E-state index is 0.0405. The molecule has 3 aliphatic rings. The van der Waals surface area contributed by atoms with E-state index >= 15 is 9.59 Å². The second-order valence-corrected chi connectivity index (χ2v) is 23.6. The Morgan fingerprint density at radius 2 is 1.43 bits per heavy atom. The Hall–Kier alpha value is -5.53. The fourth-order valence-corrected chi connectivity index (χ4v) is 13.0. The Morgan fingerprint density at radius 3 is 2.14 bits per heavy atom. The Morgan fingerprint density at radius 1 is 0.737 bits per heavy atom. The molecular formula is C58H70Cl2IN8O7-. The van der Waals surface area contributed by atoms with Crippen molar-refractivity contribution in [3.05, 3.63) is 136 Å². The van der Waals surface area contributed by atoms with Gasteiger partial charge in [0.2, 0.25) is 0 Å². The second-order valence-electron chi connectivity index (χ2n) is 20.3. The van der Waals surface area contributed by atoms with E-state index in [9.17, 15) is 14.4 Å². The Labute approximate surface area is 467 Å². The SMILES string of the molecule is COCC1NC(=O)C([I-]C)N(Cc2ccc(Cl)cc2Oc2ccc(-c3cnc(CN4CCCC4)n3C)cc2)C(=O)CC(Cc2ccccc2)C(=O)N(C)C2CCCCC2NC(=O)CC(Cc2ccc(Cl)cc2)N(C)C1=O. The van der Waals surface area contributed by atoms with Crippen LogP contribution in [0.25, 0.3) is 11.3 Å². The number of hydrogen-bond donors (Lipinski definition) is 2. The second kappa shape index (κ2) is 26.7. The summed E-state index contributed by atoms with van der Waals surface area (Å²) in [5, 5.41) is 7.21. The van der Waals surface area contributed by atoms with Gasteiger partial charge >= 0.3 is 403 Å². The fourth-order valence-electron chi connectivity index (χ4n) is 10.8. The number of likely N-dealkylation sites (N-methyl/N-ethyl adjacent to an activating group) is 2. The first-order valence-corrected chi connectivity index (χ1v) is 30.3. The number of benzene rings is 4. The molecule has 76 heavy (non-hydrogen) atoms. The molecule has 5 aromatic rings. The number of carbonyl (C=O) groups is 5. The fraction of sp³-hybridized carbons (Fsp3) is 0.448. The molecule has 1 aliphatic carbocycles. The summed E-state index contributed by atoms with van der Waals surface area (Å²) in [6.07, 6.45) is 7.67. The van der Waals surface area contributed by atoms with Crippen molar-refractivity contribution in [1.82, 2.24) is 39.8 Å².